The molecule has 1 atom stereocenters. The first-order valence-electron chi connectivity index (χ1n) is 14.5. The molecule has 232 valence electrons. The highest BCUT2D eigenvalue weighted by Crippen LogP contribution is 2.28. The summed E-state index contributed by atoms with van der Waals surface area (Å²) in [4.78, 5) is 12.1. The van der Waals surface area contributed by atoms with E-state index in [9.17, 15) is 18.3 Å². The first kappa shape index (κ1) is 32.3. The van der Waals surface area contributed by atoms with E-state index in [4.69, 9.17) is 18.9 Å². The van der Waals surface area contributed by atoms with Crippen molar-refractivity contribution >= 4 is 16.3 Å². The molecule has 1 heterocycles. The minimum absolute atomic E-state index is 0.00585. The first-order valence-corrected chi connectivity index (χ1v) is 15.9. The topological polar surface area (TPSA) is 124 Å². The molecule has 1 saturated heterocycles. The fraction of sp³-hybridized carbons (Fsp3) is 0.406. The fourth-order valence-electron chi connectivity index (χ4n) is 4.96. The van der Waals surface area contributed by atoms with E-state index >= 15 is 0 Å². The summed E-state index contributed by atoms with van der Waals surface area (Å²) in [6.45, 7) is 1.72. The lowest BCUT2D eigenvalue weighted by Crippen LogP contribution is -2.45. The molecular weight excluding hydrogens is 572 g/mol. The lowest BCUT2D eigenvalue weighted by Gasteiger charge is -2.23. The molecule has 3 aromatic rings. The molecule has 3 aromatic carbocycles. The predicted octanol–water partition coefficient (Wildman–Crippen LogP) is 4.85. The van der Waals surface area contributed by atoms with Crippen LogP contribution in [0.15, 0.2) is 78.9 Å². The lowest BCUT2D eigenvalue weighted by molar-refractivity contribution is 0.0674. The second kappa shape index (κ2) is 16.3. The SMILES string of the molecule is COCCOc1ccc(CCCN(C(=O)O)S(=O)(=O)NCC(c2ccccc2)c2ccccc2)c(OCC2CCCO2)c1. The quantitative estimate of drug-likeness (QED) is 0.208. The second-order valence-corrected chi connectivity index (χ2v) is 11.9. The van der Waals surface area contributed by atoms with Crippen LogP contribution in [0.1, 0.15) is 41.9 Å². The molecule has 11 heteroatoms. The molecule has 10 nitrogen and oxygen atoms in total. The molecule has 1 aliphatic heterocycles. The Morgan fingerprint density at radius 2 is 1.72 bits per heavy atom. The molecule has 1 aliphatic rings. The highest BCUT2D eigenvalue weighted by Gasteiger charge is 2.28. The fourth-order valence-corrected chi connectivity index (χ4v) is 6.07. The van der Waals surface area contributed by atoms with Crippen molar-refractivity contribution < 1.29 is 37.3 Å². The van der Waals surface area contributed by atoms with Crippen molar-refractivity contribution in [1.82, 2.24) is 9.03 Å². The van der Waals surface area contributed by atoms with Crippen LogP contribution in [0.3, 0.4) is 0 Å². The molecule has 0 aromatic heterocycles. The molecule has 1 amide bonds. The van der Waals surface area contributed by atoms with Crippen LogP contribution < -0.4 is 14.2 Å². The van der Waals surface area contributed by atoms with Crippen LogP contribution in [0.4, 0.5) is 4.79 Å². The minimum Gasteiger partial charge on any atom is -0.491 e. The van der Waals surface area contributed by atoms with Gasteiger partial charge >= 0.3 is 16.3 Å². The van der Waals surface area contributed by atoms with Gasteiger partial charge in [0.05, 0.1) is 12.7 Å². The number of hydrogen-bond acceptors (Lipinski definition) is 7. The van der Waals surface area contributed by atoms with Crippen LogP contribution in [0.5, 0.6) is 11.5 Å². The highest BCUT2D eigenvalue weighted by atomic mass is 32.2. The van der Waals surface area contributed by atoms with Crippen LogP contribution in [-0.4, -0.2) is 76.7 Å². The Morgan fingerprint density at radius 1 is 1.02 bits per heavy atom. The van der Waals surface area contributed by atoms with E-state index in [0.29, 0.717) is 48.7 Å². The zero-order valence-corrected chi connectivity index (χ0v) is 25.2. The van der Waals surface area contributed by atoms with Gasteiger partial charge in [-0.1, -0.05) is 66.7 Å². The Bertz CT molecular complexity index is 1340. The summed E-state index contributed by atoms with van der Waals surface area (Å²) in [7, 11) is -2.73. The second-order valence-electron chi connectivity index (χ2n) is 10.2. The van der Waals surface area contributed by atoms with Crippen molar-refractivity contribution in [3.8, 4) is 11.5 Å². The monoisotopic (exact) mass is 612 g/mol. The Labute approximate surface area is 253 Å². The molecule has 0 aliphatic carbocycles. The van der Waals surface area contributed by atoms with Gasteiger partial charge in [-0.15, -0.1) is 0 Å². The summed E-state index contributed by atoms with van der Waals surface area (Å²) >= 11 is 0. The first-order chi connectivity index (χ1) is 20.9. The smallest absolute Gasteiger partial charge is 0.422 e. The van der Waals surface area contributed by atoms with Crippen molar-refractivity contribution in [2.24, 2.45) is 0 Å². The molecule has 0 spiro atoms. The number of amides is 1. The minimum atomic E-state index is -4.33. The third-order valence-corrected chi connectivity index (χ3v) is 8.68. The van der Waals surface area contributed by atoms with Gasteiger partial charge in [-0.25, -0.2) is 4.79 Å². The third kappa shape index (κ3) is 9.69. The van der Waals surface area contributed by atoms with Gasteiger partial charge in [-0.3, -0.25) is 0 Å². The van der Waals surface area contributed by atoms with Crippen molar-refractivity contribution in [1.29, 1.82) is 0 Å². The van der Waals surface area contributed by atoms with Gasteiger partial charge in [0.1, 0.15) is 24.7 Å². The van der Waals surface area contributed by atoms with Crippen LogP contribution in [0.2, 0.25) is 0 Å². The number of benzene rings is 3. The summed E-state index contributed by atoms with van der Waals surface area (Å²) < 4.78 is 52.0. The Balaban J connectivity index is 1.41. The normalized spacial score (nSPS) is 15.0. The van der Waals surface area contributed by atoms with Gasteiger partial charge in [0.2, 0.25) is 0 Å². The number of nitrogens with zero attached hydrogens (tertiary/aromatic N) is 1. The van der Waals surface area contributed by atoms with E-state index in [1.54, 1.807) is 13.2 Å². The largest absolute Gasteiger partial charge is 0.491 e. The molecule has 2 N–H and O–H groups in total. The van der Waals surface area contributed by atoms with E-state index in [-0.39, 0.29) is 31.5 Å². The number of nitrogens with one attached hydrogen (secondary N) is 1. The Kier molecular flexibility index (Phi) is 12.2. The maximum Gasteiger partial charge on any atom is 0.422 e. The van der Waals surface area contributed by atoms with E-state index in [2.05, 4.69) is 4.72 Å². The summed E-state index contributed by atoms with van der Waals surface area (Å²) in [5, 5.41) is 9.85. The maximum atomic E-state index is 13.2. The highest BCUT2D eigenvalue weighted by molar-refractivity contribution is 7.87. The Hall–Kier alpha value is -3.64. The van der Waals surface area contributed by atoms with Gasteiger partial charge in [-0.2, -0.15) is 17.4 Å². The standard InChI is InChI=1S/C32H40N2O8S/c1-39-20-21-41-28-17-16-27(31(22-28)42-24-29-15-9-19-40-29)14-8-18-34(32(35)36)43(37,38)33-23-30(25-10-4-2-5-11-25)26-12-6-3-7-13-26/h2-7,10-13,16-17,22,29-30,33H,8-9,14-15,18-21,23-24H2,1H3,(H,35,36). The lowest BCUT2D eigenvalue weighted by atomic mass is 9.92. The average Bonchev–Trinajstić information content (AvgIpc) is 3.54. The van der Waals surface area contributed by atoms with Gasteiger partial charge in [0.25, 0.3) is 0 Å². The molecular formula is C32H40N2O8S. The summed E-state index contributed by atoms with van der Waals surface area (Å²) in [6, 6.07) is 24.5. The number of hydrogen-bond donors (Lipinski definition) is 2. The van der Waals surface area contributed by atoms with Crippen molar-refractivity contribution in [2.45, 2.75) is 37.7 Å². The van der Waals surface area contributed by atoms with Crippen LogP contribution in [-0.2, 0) is 26.1 Å². The van der Waals surface area contributed by atoms with Gasteiger partial charge in [0, 0.05) is 38.8 Å². The van der Waals surface area contributed by atoms with Gasteiger partial charge in [-0.05, 0) is 48.4 Å². The maximum absolute atomic E-state index is 13.2. The number of methoxy groups -OCH3 is 1. The van der Waals surface area contributed by atoms with Crippen LogP contribution in [0.25, 0.3) is 0 Å². The van der Waals surface area contributed by atoms with Gasteiger partial charge in [0.15, 0.2) is 0 Å². The Morgan fingerprint density at radius 3 is 2.33 bits per heavy atom. The van der Waals surface area contributed by atoms with E-state index < -0.39 is 16.3 Å². The van der Waals surface area contributed by atoms with E-state index in [1.165, 1.54) is 0 Å². The third-order valence-electron chi connectivity index (χ3n) is 7.23. The van der Waals surface area contributed by atoms with Crippen LogP contribution in [0, 0.1) is 0 Å². The number of carbonyl (C=O) groups is 1. The molecule has 0 saturated carbocycles. The molecule has 0 bridgehead atoms. The average molecular weight is 613 g/mol. The van der Waals surface area contributed by atoms with Gasteiger partial charge < -0.3 is 24.1 Å². The summed E-state index contributed by atoms with van der Waals surface area (Å²) in [5.74, 6) is 0.927. The molecule has 0 radical (unpaired) electrons. The van der Waals surface area contributed by atoms with Crippen molar-refractivity contribution in [2.75, 3.05) is 46.6 Å². The summed E-state index contributed by atoms with van der Waals surface area (Å²) in [5.41, 5.74) is 2.66. The molecule has 4 rings (SSSR count). The zero-order chi connectivity index (χ0) is 30.5. The number of rotatable bonds is 17. The molecule has 43 heavy (non-hydrogen) atoms. The number of carboxylic acid groups (broad SMARTS) is 1. The van der Waals surface area contributed by atoms with E-state index in [1.807, 2.05) is 72.8 Å². The van der Waals surface area contributed by atoms with Crippen molar-refractivity contribution in [3.05, 3.63) is 95.6 Å². The number of ether oxygens (including phenoxy) is 4. The number of aryl methyl sites for hydroxylation is 1. The summed E-state index contributed by atoms with van der Waals surface area (Å²) in [6.07, 6.45) is 1.04. The van der Waals surface area contributed by atoms with Crippen LogP contribution >= 0.6 is 0 Å². The van der Waals surface area contributed by atoms with E-state index in [0.717, 1.165) is 29.5 Å². The molecule has 1 unspecified atom stereocenters. The zero-order valence-electron chi connectivity index (χ0n) is 24.4. The van der Waals surface area contributed by atoms with Crippen molar-refractivity contribution in [3.63, 3.8) is 0 Å². The molecule has 1 fully saturated rings. The predicted molar refractivity (Wildman–Crippen MR) is 163 cm³/mol.